The highest BCUT2D eigenvalue weighted by Crippen LogP contribution is 2.26. The van der Waals surface area contributed by atoms with Gasteiger partial charge >= 0.3 is 0 Å². The van der Waals surface area contributed by atoms with Crippen LogP contribution in [0.4, 0.5) is 5.69 Å². The van der Waals surface area contributed by atoms with E-state index in [9.17, 15) is 13.2 Å². The van der Waals surface area contributed by atoms with Crippen LogP contribution in [0.15, 0.2) is 87.1 Å². The van der Waals surface area contributed by atoms with Crippen molar-refractivity contribution in [3.8, 4) is 11.5 Å². The van der Waals surface area contributed by atoms with Crippen LogP contribution in [-0.2, 0) is 10.0 Å². The van der Waals surface area contributed by atoms with Crippen molar-refractivity contribution in [3.63, 3.8) is 0 Å². The van der Waals surface area contributed by atoms with Gasteiger partial charge in [-0.05, 0) is 55.5 Å². The van der Waals surface area contributed by atoms with E-state index in [-0.39, 0.29) is 28.5 Å². The van der Waals surface area contributed by atoms with Crippen molar-refractivity contribution in [2.24, 2.45) is 9.39 Å². The quantitative estimate of drug-likeness (QED) is 0.532. The topological polar surface area (TPSA) is 94.4 Å². The molecule has 0 amide bonds. The van der Waals surface area contributed by atoms with E-state index in [1.54, 1.807) is 60.7 Å². The molecule has 0 fully saturated rings. The Hall–Kier alpha value is -3.78. The van der Waals surface area contributed by atoms with E-state index in [0.717, 1.165) is 0 Å². The summed E-state index contributed by atoms with van der Waals surface area (Å²) < 4.78 is 40.6. The van der Waals surface area contributed by atoms with Gasteiger partial charge in [-0.1, -0.05) is 24.3 Å². The zero-order valence-electron chi connectivity index (χ0n) is 18.2. The lowest BCUT2D eigenvalue weighted by Gasteiger charge is -2.18. The summed E-state index contributed by atoms with van der Waals surface area (Å²) >= 11 is 0. The molecule has 0 aromatic heterocycles. The van der Waals surface area contributed by atoms with Crippen molar-refractivity contribution < 1.29 is 22.7 Å². The van der Waals surface area contributed by atoms with E-state index in [1.807, 2.05) is 6.92 Å². The maximum atomic E-state index is 13.1. The van der Waals surface area contributed by atoms with Crippen LogP contribution in [0.5, 0.6) is 11.5 Å². The van der Waals surface area contributed by atoms with E-state index in [4.69, 9.17) is 9.47 Å². The Kier molecular flexibility index (Phi) is 6.37. The molecule has 3 aromatic rings. The summed E-state index contributed by atoms with van der Waals surface area (Å²) in [5, 5.41) is 0. The fourth-order valence-electron chi connectivity index (χ4n) is 3.48. The van der Waals surface area contributed by atoms with E-state index in [0.29, 0.717) is 34.9 Å². The van der Waals surface area contributed by atoms with Crippen molar-refractivity contribution in [3.05, 3.63) is 83.9 Å². The standard InChI is InChI=1S/C25H22N2O5S/c1-3-32-19-10-8-17(9-11-19)26-24-16-23(21-6-4-5-7-22(21)25(24)28)27-33(29,30)20-14-12-18(31-2)13-15-20/h4-15H,3,16H2,1-2H3/b26-24?,27-23-. The Morgan fingerprint density at radius 3 is 2.12 bits per heavy atom. The average Bonchev–Trinajstić information content (AvgIpc) is 2.83. The summed E-state index contributed by atoms with van der Waals surface area (Å²) in [6, 6.07) is 19.9. The highest BCUT2D eigenvalue weighted by Gasteiger charge is 2.29. The van der Waals surface area contributed by atoms with Crippen LogP contribution < -0.4 is 9.47 Å². The second-order valence-corrected chi connectivity index (χ2v) is 8.83. The summed E-state index contributed by atoms with van der Waals surface area (Å²) in [7, 11) is -2.50. The number of carbonyl (C=O) groups excluding carboxylic acids is 1. The van der Waals surface area contributed by atoms with E-state index in [1.165, 1.54) is 19.2 Å². The lowest BCUT2D eigenvalue weighted by molar-refractivity contribution is 0.106. The zero-order chi connectivity index (χ0) is 23.4. The van der Waals surface area contributed by atoms with Crippen molar-refractivity contribution in [1.29, 1.82) is 0 Å². The van der Waals surface area contributed by atoms with Gasteiger partial charge in [-0.25, -0.2) is 4.99 Å². The molecular formula is C25H22N2O5S. The molecule has 0 bridgehead atoms. The molecule has 168 valence electrons. The van der Waals surface area contributed by atoms with Crippen LogP contribution in [0.2, 0.25) is 0 Å². The summed E-state index contributed by atoms with van der Waals surface area (Å²) in [5.74, 6) is 0.995. The lowest BCUT2D eigenvalue weighted by Crippen LogP contribution is -2.28. The van der Waals surface area contributed by atoms with Gasteiger partial charge in [0.15, 0.2) is 0 Å². The van der Waals surface area contributed by atoms with Crippen molar-refractivity contribution in [2.75, 3.05) is 13.7 Å². The van der Waals surface area contributed by atoms with Crippen LogP contribution in [-0.4, -0.2) is 39.3 Å². The van der Waals surface area contributed by atoms with Crippen molar-refractivity contribution >= 4 is 32.9 Å². The molecule has 7 nitrogen and oxygen atoms in total. The molecule has 0 N–H and O–H groups in total. The molecule has 0 saturated carbocycles. The van der Waals surface area contributed by atoms with Gasteiger partial charge in [-0.2, -0.15) is 12.8 Å². The number of hydrogen-bond donors (Lipinski definition) is 0. The Balaban J connectivity index is 1.74. The summed E-state index contributed by atoms with van der Waals surface area (Å²) in [6.45, 7) is 2.44. The largest absolute Gasteiger partial charge is 0.497 e. The van der Waals surface area contributed by atoms with Crippen LogP contribution in [0, 0.1) is 0 Å². The predicted molar refractivity (Wildman–Crippen MR) is 127 cm³/mol. The van der Waals surface area contributed by atoms with Gasteiger partial charge in [-0.3, -0.25) is 4.79 Å². The first-order valence-corrected chi connectivity index (χ1v) is 11.8. The van der Waals surface area contributed by atoms with Gasteiger partial charge in [0.25, 0.3) is 10.0 Å². The molecular weight excluding hydrogens is 440 g/mol. The minimum Gasteiger partial charge on any atom is -0.497 e. The fourth-order valence-corrected chi connectivity index (χ4v) is 4.52. The molecule has 0 spiro atoms. The number of Topliss-reactive ketones (excluding diaryl/α,β-unsaturated/α-hetero) is 1. The molecule has 4 rings (SSSR count). The minimum atomic E-state index is -4.00. The third-order valence-electron chi connectivity index (χ3n) is 5.08. The lowest BCUT2D eigenvalue weighted by atomic mass is 9.87. The maximum absolute atomic E-state index is 13.1. The highest BCUT2D eigenvalue weighted by molar-refractivity contribution is 7.90. The second-order valence-electron chi connectivity index (χ2n) is 7.23. The predicted octanol–water partition coefficient (Wildman–Crippen LogP) is 4.63. The third-order valence-corrected chi connectivity index (χ3v) is 6.41. The average molecular weight is 463 g/mol. The number of sulfonamides is 1. The Morgan fingerprint density at radius 1 is 0.848 bits per heavy atom. The molecule has 0 aliphatic heterocycles. The van der Waals surface area contributed by atoms with Gasteiger partial charge in [0.05, 0.1) is 35.7 Å². The Bertz CT molecular complexity index is 1340. The maximum Gasteiger partial charge on any atom is 0.282 e. The third kappa shape index (κ3) is 4.85. The fraction of sp³-hybridized carbons (Fsp3) is 0.160. The number of nitrogens with zero attached hydrogens (tertiary/aromatic N) is 2. The molecule has 3 aromatic carbocycles. The van der Waals surface area contributed by atoms with Gasteiger partial charge in [0.2, 0.25) is 5.78 Å². The number of fused-ring (bicyclic) bond motifs is 1. The number of methoxy groups -OCH3 is 1. The first-order valence-electron chi connectivity index (χ1n) is 10.3. The van der Waals surface area contributed by atoms with Crippen molar-refractivity contribution in [1.82, 2.24) is 0 Å². The van der Waals surface area contributed by atoms with Crippen LogP contribution in [0.1, 0.15) is 29.3 Å². The SMILES string of the molecule is CCOc1ccc(N=C2C/C(=N/S(=O)(=O)c3ccc(OC)cc3)c3ccccc3C2=O)cc1. The Labute approximate surface area is 192 Å². The van der Waals surface area contributed by atoms with Gasteiger partial charge in [0, 0.05) is 17.5 Å². The number of benzene rings is 3. The molecule has 33 heavy (non-hydrogen) atoms. The molecule has 0 radical (unpaired) electrons. The normalized spacial score (nSPS) is 16.0. The van der Waals surface area contributed by atoms with Crippen LogP contribution >= 0.6 is 0 Å². The molecule has 0 saturated heterocycles. The van der Waals surface area contributed by atoms with Gasteiger partial charge in [-0.15, -0.1) is 0 Å². The number of ketones is 1. The first kappa shape index (κ1) is 22.4. The molecule has 0 unspecified atom stereocenters. The molecule has 0 heterocycles. The minimum absolute atomic E-state index is 0.00154. The van der Waals surface area contributed by atoms with E-state index < -0.39 is 10.0 Å². The highest BCUT2D eigenvalue weighted by atomic mass is 32.2. The van der Waals surface area contributed by atoms with Crippen molar-refractivity contribution in [2.45, 2.75) is 18.2 Å². The monoisotopic (exact) mass is 462 g/mol. The second kappa shape index (κ2) is 9.38. The van der Waals surface area contributed by atoms with Gasteiger partial charge < -0.3 is 9.47 Å². The smallest absolute Gasteiger partial charge is 0.282 e. The number of hydrogen-bond acceptors (Lipinski definition) is 6. The van der Waals surface area contributed by atoms with Gasteiger partial charge in [0.1, 0.15) is 11.5 Å². The first-order chi connectivity index (χ1) is 15.9. The van der Waals surface area contributed by atoms with E-state index in [2.05, 4.69) is 9.39 Å². The number of ether oxygens (including phenoxy) is 2. The molecule has 0 atom stereocenters. The molecule has 1 aliphatic carbocycles. The Morgan fingerprint density at radius 2 is 1.48 bits per heavy atom. The van der Waals surface area contributed by atoms with E-state index >= 15 is 0 Å². The summed E-state index contributed by atoms with van der Waals surface area (Å²) in [6.07, 6.45) is -0.00154. The zero-order valence-corrected chi connectivity index (χ0v) is 19.0. The van der Waals surface area contributed by atoms with Crippen LogP contribution in [0.3, 0.4) is 0 Å². The number of carbonyl (C=O) groups is 1. The summed E-state index contributed by atoms with van der Waals surface area (Å²) in [4.78, 5) is 17.6. The molecule has 8 heteroatoms. The number of aliphatic imine (C=N–C) groups is 1. The number of rotatable bonds is 6. The summed E-state index contributed by atoms with van der Waals surface area (Å²) in [5.41, 5.74) is 1.92. The molecule has 1 aliphatic rings. The van der Waals surface area contributed by atoms with Crippen LogP contribution in [0.25, 0.3) is 0 Å².